The standard InChI is InChI=1S/C34H48N2/c1-5-9-13-18-28-20-16-22-30(26-28)34-32(24-14-10-6-2)31(23-12-8-4)33(36(34)35)29-21-15-19-27(25-29)17-11-7-3/h15-16,19-22,25-26H,5-14,17-18,23-24H2,1-4H3. The summed E-state index contributed by atoms with van der Waals surface area (Å²) in [6, 6.07) is 17.8. The molecule has 3 rings (SSSR count). The van der Waals surface area contributed by atoms with Crippen molar-refractivity contribution >= 4 is 11.4 Å². The largest absolute Gasteiger partial charge is 0.493 e. The zero-order valence-electron chi connectivity index (χ0n) is 23.4. The van der Waals surface area contributed by atoms with Crippen molar-refractivity contribution in [3.8, 4) is 0 Å². The van der Waals surface area contributed by atoms with Crippen LogP contribution in [0.3, 0.4) is 0 Å². The van der Waals surface area contributed by atoms with Crippen LogP contribution in [0.5, 0.6) is 0 Å². The van der Waals surface area contributed by atoms with Gasteiger partial charge in [-0.25, -0.2) is 4.70 Å². The van der Waals surface area contributed by atoms with Crippen molar-refractivity contribution in [1.82, 2.24) is 0 Å². The molecule has 0 atom stereocenters. The Bertz CT molecular complexity index is 1060. The van der Waals surface area contributed by atoms with Crippen molar-refractivity contribution in [1.29, 1.82) is 0 Å². The van der Waals surface area contributed by atoms with Gasteiger partial charge in [-0.2, -0.15) is 0 Å². The molecule has 0 bridgehead atoms. The minimum atomic E-state index is 1.01. The lowest BCUT2D eigenvalue weighted by atomic mass is 9.91. The van der Waals surface area contributed by atoms with Crippen LogP contribution in [0.2, 0.25) is 0 Å². The van der Waals surface area contributed by atoms with E-state index in [9.17, 15) is 5.53 Å². The molecule has 0 N–H and O–H groups in total. The van der Waals surface area contributed by atoms with E-state index in [0.717, 1.165) is 61.0 Å². The maximum absolute atomic E-state index is 11.8. The highest BCUT2D eigenvalue weighted by Gasteiger charge is 2.35. The van der Waals surface area contributed by atoms with Gasteiger partial charge in [0.1, 0.15) is 0 Å². The summed E-state index contributed by atoms with van der Waals surface area (Å²) < 4.78 is 1.55. The van der Waals surface area contributed by atoms with Gasteiger partial charge in [0.05, 0.1) is 0 Å². The fourth-order valence-corrected chi connectivity index (χ4v) is 5.40. The van der Waals surface area contributed by atoms with E-state index in [1.165, 1.54) is 73.6 Å². The van der Waals surface area contributed by atoms with Gasteiger partial charge in [-0.15, -0.1) is 0 Å². The number of unbranched alkanes of at least 4 members (excludes halogenated alkanes) is 6. The minimum absolute atomic E-state index is 1.01. The normalized spacial score (nSPS) is 13.8. The van der Waals surface area contributed by atoms with Crippen molar-refractivity contribution < 1.29 is 4.70 Å². The van der Waals surface area contributed by atoms with Gasteiger partial charge in [-0.05, 0) is 86.8 Å². The fraction of sp³-hybridized carbons (Fsp3) is 0.529. The first kappa shape index (κ1) is 28.1. The van der Waals surface area contributed by atoms with E-state index >= 15 is 0 Å². The summed E-state index contributed by atoms with van der Waals surface area (Å²) in [4.78, 5) is 0. The number of aryl methyl sites for hydroxylation is 2. The SMILES string of the molecule is CCCCCC1=C(c2cccc(CCCCC)c2)[N+](=[N-])C(c2cccc(CCCC)c2)=C1CCCC. The molecule has 0 aliphatic carbocycles. The molecule has 0 amide bonds. The minimum Gasteiger partial charge on any atom is -0.493 e. The van der Waals surface area contributed by atoms with Gasteiger partial charge in [0.15, 0.2) is 0 Å². The highest BCUT2D eigenvalue weighted by atomic mass is 15.2. The molecule has 0 saturated carbocycles. The van der Waals surface area contributed by atoms with Crippen LogP contribution in [0, 0.1) is 0 Å². The van der Waals surface area contributed by atoms with Crippen molar-refractivity contribution in [2.45, 2.75) is 118 Å². The predicted molar refractivity (Wildman–Crippen MR) is 156 cm³/mol. The number of hydrogen-bond acceptors (Lipinski definition) is 0. The van der Waals surface area contributed by atoms with E-state index in [2.05, 4.69) is 76.2 Å². The lowest BCUT2D eigenvalue weighted by Gasteiger charge is -2.11. The monoisotopic (exact) mass is 484 g/mol. The molecule has 2 nitrogen and oxygen atoms in total. The van der Waals surface area contributed by atoms with E-state index in [4.69, 9.17) is 0 Å². The van der Waals surface area contributed by atoms with Gasteiger partial charge in [-0.1, -0.05) is 90.5 Å². The van der Waals surface area contributed by atoms with Crippen molar-refractivity contribution in [3.63, 3.8) is 0 Å². The first-order valence-electron chi connectivity index (χ1n) is 14.8. The van der Waals surface area contributed by atoms with Gasteiger partial charge >= 0.3 is 0 Å². The lowest BCUT2D eigenvalue weighted by molar-refractivity contribution is -0.345. The Labute approximate surface area is 221 Å². The molecule has 0 spiro atoms. The Morgan fingerprint density at radius 2 is 0.944 bits per heavy atom. The Balaban J connectivity index is 2.07. The first-order valence-corrected chi connectivity index (χ1v) is 14.8. The van der Waals surface area contributed by atoms with Crippen LogP contribution in [0.25, 0.3) is 16.9 Å². The molecule has 0 radical (unpaired) electrons. The molecule has 1 heterocycles. The Kier molecular flexibility index (Phi) is 11.7. The molecule has 2 aromatic carbocycles. The number of allylic oxidation sites excluding steroid dienone is 2. The highest BCUT2D eigenvalue weighted by Crippen LogP contribution is 2.44. The molecule has 1 aliphatic heterocycles. The number of benzene rings is 2. The van der Waals surface area contributed by atoms with Crippen LogP contribution < -0.4 is 0 Å². The average molecular weight is 485 g/mol. The van der Waals surface area contributed by atoms with Gasteiger partial charge < -0.3 is 5.53 Å². The van der Waals surface area contributed by atoms with Gasteiger partial charge in [0.2, 0.25) is 11.4 Å². The Hall–Kier alpha value is -2.48. The molecular weight excluding hydrogens is 436 g/mol. The zero-order valence-corrected chi connectivity index (χ0v) is 23.4. The van der Waals surface area contributed by atoms with Gasteiger partial charge in [-0.3, -0.25) is 0 Å². The summed E-state index contributed by atoms with van der Waals surface area (Å²) in [5, 5.41) is 0. The lowest BCUT2D eigenvalue weighted by Crippen LogP contribution is -2.03. The number of rotatable bonds is 16. The molecule has 2 aromatic rings. The molecular formula is C34H48N2. The van der Waals surface area contributed by atoms with Crippen LogP contribution in [0.1, 0.15) is 127 Å². The predicted octanol–water partition coefficient (Wildman–Crippen LogP) is 10.7. The van der Waals surface area contributed by atoms with E-state index in [-0.39, 0.29) is 0 Å². The van der Waals surface area contributed by atoms with E-state index in [1.807, 2.05) is 0 Å². The quantitative estimate of drug-likeness (QED) is 0.167. The average Bonchev–Trinajstić information content (AvgIpc) is 3.17. The van der Waals surface area contributed by atoms with Crippen molar-refractivity contribution in [3.05, 3.63) is 87.5 Å². The maximum Gasteiger partial charge on any atom is 0.211 e. The molecule has 194 valence electrons. The molecule has 0 unspecified atom stereocenters. The van der Waals surface area contributed by atoms with Crippen molar-refractivity contribution in [2.75, 3.05) is 0 Å². The zero-order chi connectivity index (χ0) is 25.8. The molecule has 0 fully saturated rings. The third-order valence-corrected chi connectivity index (χ3v) is 7.46. The van der Waals surface area contributed by atoms with Crippen LogP contribution in [0.15, 0.2) is 59.7 Å². The van der Waals surface area contributed by atoms with Gasteiger partial charge in [0, 0.05) is 22.3 Å². The van der Waals surface area contributed by atoms with Crippen LogP contribution in [0.4, 0.5) is 0 Å². The molecule has 2 heteroatoms. The van der Waals surface area contributed by atoms with E-state index < -0.39 is 0 Å². The highest BCUT2D eigenvalue weighted by molar-refractivity contribution is 5.82. The Morgan fingerprint density at radius 3 is 1.44 bits per heavy atom. The third kappa shape index (κ3) is 7.28. The van der Waals surface area contributed by atoms with E-state index in [0.29, 0.717) is 0 Å². The maximum atomic E-state index is 11.8. The molecule has 36 heavy (non-hydrogen) atoms. The third-order valence-electron chi connectivity index (χ3n) is 7.46. The summed E-state index contributed by atoms with van der Waals surface area (Å²) in [7, 11) is 0. The molecule has 0 aromatic heterocycles. The topological polar surface area (TPSA) is 25.3 Å². The van der Waals surface area contributed by atoms with Crippen LogP contribution in [-0.4, -0.2) is 4.70 Å². The second kappa shape index (κ2) is 14.9. The number of nitrogens with zero attached hydrogens (tertiary/aromatic N) is 2. The number of hydrogen-bond donors (Lipinski definition) is 0. The second-order valence-electron chi connectivity index (χ2n) is 10.5. The van der Waals surface area contributed by atoms with E-state index in [1.54, 1.807) is 4.70 Å². The smallest absolute Gasteiger partial charge is 0.211 e. The van der Waals surface area contributed by atoms with Gasteiger partial charge in [0.25, 0.3) is 0 Å². The summed E-state index contributed by atoms with van der Waals surface area (Å²) in [5.41, 5.74) is 21.6. The summed E-state index contributed by atoms with van der Waals surface area (Å²) in [5.74, 6) is 0. The molecule has 0 saturated heterocycles. The van der Waals surface area contributed by atoms with Crippen LogP contribution in [-0.2, 0) is 12.8 Å². The fourth-order valence-electron chi connectivity index (χ4n) is 5.40. The summed E-state index contributed by atoms with van der Waals surface area (Å²) in [6.45, 7) is 9.03. The summed E-state index contributed by atoms with van der Waals surface area (Å²) in [6.07, 6.45) is 16.3. The molecule has 1 aliphatic rings. The Morgan fingerprint density at radius 1 is 0.528 bits per heavy atom. The van der Waals surface area contributed by atoms with Crippen molar-refractivity contribution in [2.24, 2.45) is 0 Å². The first-order chi connectivity index (χ1) is 17.6. The second-order valence-corrected chi connectivity index (χ2v) is 10.5. The summed E-state index contributed by atoms with van der Waals surface area (Å²) >= 11 is 0. The van der Waals surface area contributed by atoms with Crippen LogP contribution >= 0.6 is 0 Å².